The summed E-state index contributed by atoms with van der Waals surface area (Å²) in [7, 11) is 0. The lowest BCUT2D eigenvalue weighted by Crippen LogP contribution is -2.49. The molecule has 0 radical (unpaired) electrons. The summed E-state index contributed by atoms with van der Waals surface area (Å²) in [6.45, 7) is 3.79. The van der Waals surface area contributed by atoms with Gasteiger partial charge in [0.15, 0.2) is 0 Å². The van der Waals surface area contributed by atoms with Gasteiger partial charge in [0, 0.05) is 56.2 Å². The monoisotopic (exact) mass is 547 g/mol. The third-order valence-electron chi connectivity index (χ3n) is 8.03. The molecule has 1 amide bonds. The first-order valence-electron chi connectivity index (χ1n) is 14.1. The Hall–Kier alpha value is -4.02. The molecule has 5 heteroatoms. The van der Waals surface area contributed by atoms with Crippen molar-refractivity contribution in [2.24, 2.45) is 0 Å². The van der Waals surface area contributed by atoms with E-state index in [9.17, 15) is 4.79 Å². The van der Waals surface area contributed by atoms with Crippen LogP contribution in [0, 0.1) is 0 Å². The van der Waals surface area contributed by atoms with E-state index in [1.54, 1.807) is 0 Å². The first kappa shape index (κ1) is 26.2. The van der Waals surface area contributed by atoms with Crippen LogP contribution in [0.4, 0.5) is 5.69 Å². The molecule has 202 valence electrons. The average Bonchev–Trinajstić information content (AvgIpc) is 3.36. The minimum absolute atomic E-state index is 0.0819. The second-order valence-electron chi connectivity index (χ2n) is 10.6. The van der Waals surface area contributed by atoms with E-state index in [0.717, 1.165) is 36.8 Å². The van der Waals surface area contributed by atoms with Crippen molar-refractivity contribution in [1.82, 2.24) is 9.47 Å². The minimum Gasteiger partial charge on any atom is -0.367 e. The molecule has 1 aliphatic heterocycles. The highest BCUT2D eigenvalue weighted by molar-refractivity contribution is 6.33. The Kier molecular flexibility index (Phi) is 7.87. The topological polar surface area (TPSA) is 28.5 Å². The summed E-state index contributed by atoms with van der Waals surface area (Å²) in [6, 6.07) is 37.7. The fourth-order valence-corrected chi connectivity index (χ4v) is 6.20. The molecule has 0 aliphatic carbocycles. The fourth-order valence-electron chi connectivity index (χ4n) is 5.95. The Bertz CT molecular complexity index is 1570. The first-order valence-corrected chi connectivity index (χ1v) is 14.5. The number of anilines is 1. The number of hydrogen-bond acceptors (Lipinski definition) is 2. The van der Waals surface area contributed by atoms with E-state index < -0.39 is 0 Å². The van der Waals surface area contributed by atoms with Crippen molar-refractivity contribution in [3.05, 3.63) is 137 Å². The lowest BCUT2D eigenvalue weighted by atomic mass is 9.88. The van der Waals surface area contributed by atoms with Gasteiger partial charge in [-0.1, -0.05) is 103 Å². The zero-order valence-corrected chi connectivity index (χ0v) is 23.4. The van der Waals surface area contributed by atoms with E-state index in [1.807, 2.05) is 29.2 Å². The smallest absolute Gasteiger partial charge is 0.223 e. The third-order valence-corrected chi connectivity index (χ3v) is 8.35. The van der Waals surface area contributed by atoms with Gasteiger partial charge in [0.25, 0.3) is 0 Å². The zero-order valence-electron chi connectivity index (χ0n) is 22.6. The van der Waals surface area contributed by atoms with Crippen LogP contribution in [0.3, 0.4) is 0 Å². The number of carbonyl (C=O) groups excluding carboxylic acids is 1. The summed E-state index contributed by atoms with van der Waals surface area (Å²) in [5.74, 6) is 0.304. The number of rotatable bonds is 8. The largest absolute Gasteiger partial charge is 0.367 e. The van der Waals surface area contributed by atoms with Gasteiger partial charge in [-0.05, 0) is 47.2 Å². The number of halogens is 1. The second-order valence-corrected chi connectivity index (χ2v) is 11.0. The molecule has 1 atom stereocenters. The van der Waals surface area contributed by atoms with Crippen molar-refractivity contribution >= 4 is 34.1 Å². The number of amides is 1. The van der Waals surface area contributed by atoms with Crippen molar-refractivity contribution in [3.8, 4) is 0 Å². The molecule has 0 N–H and O–H groups in total. The molecule has 0 spiro atoms. The summed E-state index contributed by atoms with van der Waals surface area (Å²) < 4.78 is 2.34. The van der Waals surface area contributed by atoms with E-state index in [4.69, 9.17) is 11.6 Å². The van der Waals surface area contributed by atoms with Gasteiger partial charge in [-0.25, -0.2) is 0 Å². The predicted octanol–water partition coefficient (Wildman–Crippen LogP) is 7.41. The number of nitrogens with zero attached hydrogens (tertiary/aromatic N) is 3. The first-order chi connectivity index (χ1) is 19.7. The second kappa shape index (κ2) is 12.0. The van der Waals surface area contributed by atoms with Gasteiger partial charge in [-0.3, -0.25) is 4.79 Å². The molecule has 1 saturated heterocycles. The van der Waals surface area contributed by atoms with Crippen LogP contribution in [0.5, 0.6) is 0 Å². The average molecular weight is 548 g/mol. The molecule has 1 aliphatic rings. The molecule has 4 aromatic carbocycles. The van der Waals surface area contributed by atoms with Gasteiger partial charge in [0.2, 0.25) is 5.91 Å². The Morgan fingerprint density at radius 2 is 1.35 bits per heavy atom. The molecule has 40 heavy (non-hydrogen) atoms. The normalized spacial score (nSPS) is 14.4. The molecule has 1 aromatic heterocycles. The van der Waals surface area contributed by atoms with Crippen LogP contribution < -0.4 is 4.90 Å². The molecule has 5 aromatic rings. The number of aromatic nitrogens is 1. The molecule has 4 nitrogen and oxygen atoms in total. The van der Waals surface area contributed by atoms with Gasteiger partial charge in [-0.2, -0.15) is 0 Å². The van der Waals surface area contributed by atoms with Crippen LogP contribution in [0.15, 0.2) is 115 Å². The van der Waals surface area contributed by atoms with Crippen molar-refractivity contribution in [1.29, 1.82) is 0 Å². The molecule has 0 saturated carbocycles. The number of fused-ring (bicyclic) bond motifs is 1. The van der Waals surface area contributed by atoms with E-state index in [-0.39, 0.29) is 11.8 Å². The molecule has 1 unspecified atom stereocenters. The Labute approximate surface area is 241 Å². The number of piperazine rings is 1. The van der Waals surface area contributed by atoms with E-state index >= 15 is 0 Å². The minimum atomic E-state index is 0.0819. The highest BCUT2D eigenvalue weighted by Crippen LogP contribution is 2.34. The number of carbonyl (C=O) groups is 1. The predicted molar refractivity (Wildman–Crippen MR) is 165 cm³/mol. The van der Waals surface area contributed by atoms with Crippen molar-refractivity contribution in [2.75, 3.05) is 31.1 Å². The summed E-state index contributed by atoms with van der Waals surface area (Å²) in [4.78, 5) is 18.1. The highest BCUT2D eigenvalue weighted by Gasteiger charge is 2.27. The van der Waals surface area contributed by atoms with E-state index in [2.05, 4.69) is 101 Å². The summed E-state index contributed by atoms with van der Waals surface area (Å²) in [6.07, 6.45) is 3.60. The maximum atomic E-state index is 13.8. The molecule has 1 fully saturated rings. The summed E-state index contributed by atoms with van der Waals surface area (Å²) in [5, 5.41) is 1.99. The van der Waals surface area contributed by atoms with Crippen LogP contribution in [0.25, 0.3) is 10.9 Å². The highest BCUT2D eigenvalue weighted by atomic mass is 35.5. The quantitative estimate of drug-likeness (QED) is 0.202. The Morgan fingerprint density at radius 1 is 0.725 bits per heavy atom. The van der Waals surface area contributed by atoms with Crippen molar-refractivity contribution in [2.45, 2.75) is 25.3 Å². The van der Waals surface area contributed by atoms with Crippen LogP contribution >= 0.6 is 11.6 Å². The molecule has 0 bridgehead atoms. The zero-order chi connectivity index (χ0) is 27.3. The van der Waals surface area contributed by atoms with Crippen molar-refractivity contribution < 1.29 is 4.79 Å². The lowest BCUT2D eigenvalue weighted by Gasteiger charge is -2.37. The molecular weight excluding hydrogens is 514 g/mol. The SMILES string of the molecule is O=C(CC(Cc1ccccc1)c1cn(Cc2ccccc2)c2ccccc12)N1CCN(c2ccccc2Cl)CC1. The van der Waals surface area contributed by atoms with Crippen LogP contribution in [0.2, 0.25) is 5.02 Å². The standard InChI is InChI=1S/C35H34ClN3O/c36-32-16-8-10-18-34(32)37-19-21-38(22-20-37)35(40)24-29(23-27-11-3-1-4-12-27)31-26-39(25-28-13-5-2-6-14-28)33-17-9-7-15-30(31)33/h1-18,26,29H,19-25H2. The summed E-state index contributed by atoms with van der Waals surface area (Å²) in [5.41, 5.74) is 6.02. The number of hydrogen-bond donors (Lipinski definition) is 0. The van der Waals surface area contributed by atoms with Crippen LogP contribution in [-0.2, 0) is 17.8 Å². The van der Waals surface area contributed by atoms with Gasteiger partial charge in [-0.15, -0.1) is 0 Å². The van der Waals surface area contributed by atoms with Crippen LogP contribution in [-0.4, -0.2) is 41.6 Å². The van der Waals surface area contributed by atoms with E-state index in [1.165, 1.54) is 27.6 Å². The van der Waals surface area contributed by atoms with Gasteiger partial charge in [0.1, 0.15) is 0 Å². The maximum Gasteiger partial charge on any atom is 0.223 e. The Morgan fingerprint density at radius 3 is 2.08 bits per heavy atom. The molecule has 6 rings (SSSR count). The molecular formula is C35H34ClN3O. The van der Waals surface area contributed by atoms with E-state index in [0.29, 0.717) is 19.5 Å². The van der Waals surface area contributed by atoms with Gasteiger partial charge >= 0.3 is 0 Å². The Balaban J connectivity index is 1.25. The van der Waals surface area contributed by atoms with Gasteiger partial charge < -0.3 is 14.4 Å². The van der Waals surface area contributed by atoms with Crippen LogP contribution in [0.1, 0.15) is 29.0 Å². The number of benzene rings is 4. The van der Waals surface area contributed by atoms with Crippen molar-refractivity contribution in [3.63, 3.8) is 0 Å². The third kappa shape index (κ3) is 5.78. The number of para-hydroxylation sites is 2. The van der Waals surface area contributed by atoms with Gasteiger partial charge in [0.05, 0.1) is 10.7 Å². The lowest BCUT2D eigenvalue weighted by molar-refractivity contribution is -0.131. The molecule has 2 heterocycles. The summed E-state index contributed by atoms with van der Waals surface area (Å²) >= 11 is 6.45. The fraction of sp³-hybridized carbons (Fsp3) is 0.229. The maximum absolute atomic E-state index is 13.8.